The summed E-state index contributed by atoms with van der Waals surface area (Å²) in [6.45, 7) is -1.83. The van der Waals surface area contributed by atoms with Crippen molar-refractivity contribution in [3.05, 3.63) is 15.6 Å². The number of hydrogen-bond donors (Lipinski definition) is 1. The summed E-state index contributed by atoms with van der Waals surface area (Å²) in [5, 5.41) is 8.49. The standard InChI is InChI=1S/C6H5F2NO2S/c7-1-3-5(6(10)11)12-4(2-8)9-3/h1-2H2,(H,10,11). The van der Waals surface area contributed by atoms with Gasteiger partial charge in [-0.05, 0) is 0 Å². The molecule has 0 atom stereocenters. The van der Waals surface area contributed by atoms with Crippen molar-refractivity contribution in [1.29, 1.82) is 0 Å². The topological polar surface area (TPSA) is 50.2 Å². The Bertz CT molecular complexity index is 300. The summed E-state index contributed by atoms with van der Waals surface area (Å²) in [4.78, 5) is 13.6. The van der Waals surface area contributed by atoms with E-state index in [-0.39, 0.29) is 15.6 Å². The number of aromatic carboxylic acids is 1. The van der Waals surface area contributed by atoms with Crippen LogP contribution in [0.4, 0.5) is 8.78 Å². The van der Waals surface area contributed by atoms with E-state index in [0.717, 1.165) is 0 Å². The average molecular weight is 193 g/mol. The minimum atomic E-state index is -1.26. The van der Waals surface area contributed by atoms with Crippen LogP contribution in [0, 0.1) is 0 Å². The maximum Gasteiger partial charge on any atom is 0.347 e. The molecular formula is C6H5F2NO2S. The summed E-state index contributed by atoms with van der Waals surface area (Å²) in [5.41, 5.74) is -0.194. The van der Waals surface area contributed by atoms with Gasteiger partial charge in [-0.2, -0.15) is 0 Å². The molecule has 0 bridgehead atoms. The fraction of sp³-hybridized carbons (Fsp3) is 0.333. The molecule has 12 heavy (non-hydrogen) atoms. The highest BCUT2D eigenvalue weighted by Crippen LogP contribution is 2.20. The first-order valence-electron chi connectivity index (χ1n) is 3.02. The van der Waals surface area contributed by atoms with E-state index < -0.39 is 19.3 Å². The molecule has 0 saturated carbocycles. The number of carboxylic acids is 1. The summed E-state index contributed by atoms with van der Waals surface area (Å²) in [6.07, 6.45) is 0. The van der Waals surface area contributed by atoms with Crippen LogP contribution in [0.2, 0.25) is 0 Å². The van der Waals surface area contributed by atoms with Gasteiger partial charge in [0.15, 0.2) is 0 Å². The van der Waals surface area contributed by atoms with E-state index in [0.29, 0.717) is 11.3 Å². The van der Waals surface area contributed by atoms with Gasteiger partial charge in [0.2, 0.25) is 0 Å². The van der Waals surface area contributed by atoms with Crippen molar-refractivity contribution >= 4 is 17.3 Å². The Morgan fingerprint density at radius 3 is 2.50 bits per heavy atom. The third kappa shape index (κ3) is 1.58. The Morgan fingerprint density at radius 2 is 2.17 bits per heavy atom. The van der Waals surface area contributed by atoms with E-state index in [9.17, 15) is 13.6 Å². The molecule has 1 aromatic rings. The van der Waals surface area contributed by atoms with Crippen LogP contribution in [-0.2, 0) is 13.3 Å². The van der Waals surface area contributed by atoms with Crippen molar-refractivity contribution in [2.24, 2.45) is 0 Å². The predicted molar refractivity (Wildman–Crippen MR) is 38.7 cm³/mol. The second-order valence-corrected chi connectivity index (χ2v) is 3.04. The van der Waals surface area contributed by atoms with Crippen molar-refractivity contribution in [2.45, 2.75) is 13.3 Å². The van der Waals surface area contributed by atoms with Gasteiger partial charge >= 0.3 is 5.97 Å². The minimum Gasteiger partial charge on any atom is -0.477 e. The summed E-state index contributed by atoms with van der Waals surface area (Å²) in [7, 11) is 0. The maximum absolute atomic E-state index is 12.1. The average Bonchev–Trinajstić information content (AvgIpc) is 2.47. The van der Waals surface area contributed by atoms with Gasteiger partial charge in [-0.25, -0.2) is 18.6 Å². The van der Waals surface area contributed by atoms with Gasteiger partial charge in [0.05, 0.1) is 5.69 Å². The zero-order valence-corrected chi connectivity index (χ0v) is 6.70. The highest BCUT2D eigenvalue weighted by molar-refractivity contribution is 7.13. The first-order chi connectivity index (χ1) is 5.69. The van der Waals surface area contributed by atoms with E-state index in [2.05, 4.69) is 4.98 Å². The van der Waals surface area contributed by atoms with E-state index in [1.807, 2.05) is 0 Å². The van der Waals surface area contributed by atoms with Crippen molar-refractivity contribution in [3.8, 4) is 0 Å². The number of carbonyl (C=O) groups is 1. The smallest absolute Gasteiger partial charge is 0.347 e. The van der Waals surface area contributed by atoms with Crippen LogP contribution >= 0.6 is 11.3 Å². The van der Waals surface area contributed by atoms with E-state index in [1.165, 1.54) is 0 Å². The first-order valence-corrected chi connectivity index (χ1v) is 3.84. The Labute approximate surface area is 70.7 Å². The first kappa shape index (κ1) is 9.05. The molecule has 0 aliphatic carbocycles. The number of hydrogen-bond acceptors (Lipinski definition) is 3. The molecule has 0 spiro atoms. The fourth-order valence-corrected chi connectivity index (χ4v) is 1.47. The molecule has 1 heterocycles. The zero-order valence-electron chi connectivity index (χ0n) is 5.88. The van der Waals surface area contributed by atoms with Crippen LogP contribution in [0.25, 0.3) is 0 Å². The van der Waals surface area contributed by atoms with Gasteiger partial charge in [0.25, 0.3) is 0 Å². The molecule has 0 radical (unpaired) electrons. The van der Waals surface area contributed by atoms with Crippen LogP contribution in [0.5, 0.6) is 0 Å². The molecule has 0 amide bonds. The lowest BCUT2D eigenvalue weighted by atomic mass is 10.4. The summed E-state index contributed by atoms with van der Waals surface area (Å²) < 4.78 is 24.0. The van der Waals surface area contributed by atoms with Gasteiger partial charge in [-0.1, -0.05) is 0 Å². The quantitative estimate of drug-likeness (QED) is 0.795. The van der Waals surface area contributed by atoms with E-state index in [4.69, 9.17) is 5.11 Å². The molecule has 0 unspecified atom stereocenters. The summed E-state index contributed by atoms with van der Waals surface area (Å²) in [5.74, 6) is -1.26. The molecule has 1 rings (SSSR count). The number of rotatable bonds is 3. The Kier molecular flexibility index (Phi) is 2.69. The summed E-state index contributed by atoms with van der Waals surface area (Å²) >= 11 is 0.667. The van der Waals surface area contributed by atoms with Crippen LogP contribution in [0.1, 0.15) is 20.4 Å². The van der Waals surface area contributed by atoms with Crippen molar-refractivity contribution in [2.75, 3.05) is 0 Å². The predicted octanol–water partition coefficient (Wildman–Crippen LogP) is 1.78. The number of nitrogens with zero attached hydrogens (tertiary/aromatic N) is 1. The fourth-order valence-electron chi connectivity index (χ4n) is 0.716. The largest absolute Gasteiger partial charge is 0.477 e. The lowest BCUT2D eigenvalue weighted by Gasteiger charge is -1.87. The number of carboxylic acid groups (broad SMARTS) is 1. The highest BCUT2D eigenvalue weighted by Gasteiger charge is 2.16. The van der Waals surface area contributed by atoms with Gasteiger partial charge in [-0.15, -0.1) is 11.3 Å². The Balaban J connectivity index is 3.08. The Morgan fingerprint density at radius 1 is 1.50 bits per heavy atom. The van der Waals surface area contributed by atoms with Crippen molar-refractivity contribution in [1.82, 2.24) is 4.98 Å². The maximum atomic E-state index is 12.1. The van der Waals surface area contributed by atoms with Gasteiger partial charge in [0, 0.05) is 0 Å². The van der Waals surface area contributed by atoms with Crippen LogP contribution < -0.4 is 0 Å². The number of halogens is 2. The van der Waals surface area contributed by atoms with Crippen molar-refractivity contribution in [3.63, 3.8) is 0 Å². The second kappa shape index (κ2) is 3.57. The molecule has 6 heteroatoms. The third-order valence-corrected chi connectivity index (χ3v) is 2.23. The molecule has 0 aromatic carbocycles. The lowest BCUT2D eigenvalue weighted by molar-refractivity contribution is 0.0700. The monoisotopic (exact) mass is 193 g/mol. The normalized spacial score (nSPS) is 10.2. The van der Waals surface area contributed by atoms with E-state index >= 15 is 0 Å². The summed E-state index contributed by atoms with van der Waals surface area (Å²) in [6, 6.07) is 0. The van der Waals surface area contributed by atoms with Crippen LogP contribution in [0.3, 0.4) is 0 Å². The molecular weight excluding hydrogens is 188 g/mol. The molecule has 66 valence electrons. The number of thiazole rings is 1. The molecule has 0 aliphatic rings. The molecule has 3 nitrogen and oxygen atoms in total. The molecule has 0 fully saturated rings. The van der Waals surface area contributed by atoms with Gasteiger partial charge in [-0.3, -0.25) is 0 Å². The van der Waals surface area contributed by atoms with Gasteiger partial charge < -0.3 is 5.11 Å². The van der Waals surface area contributed by atoms with E-state index in [1.54, 1.807) is 0 Å². The molecule has 0 aliphatic heterocycles. The third-order valence-electron chi connectivity index (χ3n) is 1.18. The molecule has 1 N–H and O–H groups in total. The van der Waals surface area contributed by atoms with Crippen molar-refractivity contribution < 1.29 is 18.7 Å². The second-order valence-electron chi connectivity index (χ2n) is 1.96. The lowest BCUT2D eigenvalue weighted by Crippen LogP contribution is -1.96. The molecule has 0 saturated heterocycles. The number of aromatic nitrogens is 1. The van der Waals surface area contributed by atoms with Crippen LogP contribution in [0.15, 0.2) is 0 Å². The Hall–Kier alpha value is -1.04. The molecule has 1 aromatic heterocycles. The minimum absolute atomic E-state index is 0.0000463. The SMILES string of the molecule is O=C(O)c1sc(CF)nc1CF. The zero-order chi connectivity index (χ0) is 9.14. The highest BCUT2D eigenvalue weighted by atomic mass is 32.1. The van der Waals surface area contributed by atoms with Crippen LogP contribution in [-0.4, -0.2) is 16.1 Å². The van der Waals surface area contributed by atoms with Gasteiger partial charge in [0.1, 0.15) is 23.2 Å². The number of alkyl halides is 2.